The van der Waals surface area contributed by atoms with Gasteiger partial charge in [0.15, 0.2) is 6.79 Å². The van der Waals surface area contributed by atoms with Gasteiger partial charge in [-0.05, 0) is 30.3 Å². The van der Waals surface area contributed by atoms with Gasteiger partial charge in [-0.1, -0.05) is 31.5 Å². The van der Waals surface area contributed by atoms with Crippen molar-refractivity contribution >= 4 is 27.6 Å². The molecule has 0 aromatic heterocycles. The van der Waals surface area contributed by atoms with Crippen LogP contribution in [0.15, 0.2) is 41.3 Å². The maximum atomic E-state index is 12.7. The van der Waals surface area contributed by atoms with Crippen molar-refractivity contribution in [3.05, 3.63) is 58.1 Å². The first-order chi connectivity index (χ1) is 13.9. The predicted molar refractivity (Wildman–Crippen MR) is 107 cm³/mol. The van der Waals surface area contributed by atoms with Gasteiger partial charge in [0.1, 0.15) is 12.4 Å². The van der Waals surface area contributed by atoms with Gasteiger partial charge in [-0.15, -0.1) is 0 Å². The molecule has 0 amide bonds. The van der Waals surface area contributed by atoms with E-state index >= 15 is 0 Å². The Morgan fingerprint density at radius 1 is 1.21 bits per heavy atom. The van der Waals surface area contributed by atoms with Gasteiger partial charge in [0, 0.05) is 29.2 Å². The molecule has 156 valence electrons. The molecule has 3 rings (SSSR count). The zero-order chi connectivity index (χ0) is 21.0. The molecule has 0 saturated heterocycles. The van der Waals surface area contributed by atoms with Crippen molar-refractivity contribution in [3.8, 4) is 5.75 Å². The summed E-state index contributed by atoms with van der Waals surface area (Å²) in [6.45, 7) is 4.63. The number of hydrogen-bond acceptors (Lipinski definition) is 6. The van der Waals surface area contributed by atoms with Crippen molar-refractivity contribution in [2.75, 3.05) is 19.9 Å². The second-order valence-corrected chi connectivity index (χ2v) is 8.73. The molecule has 2 aromatic rings. The minimum Gasteiger partial charge on any atom is -0.467 e. The van der Waals surface area contributed by atoms with E-state index in [1.807, 2.05) is 0 Å². The Bertz CT molecular complexity index is 1000. The van der Waals surface area contributed by atoms with Gasteiger partial charge >= 0.3 is 5.97 Å². The molecule has 1 aliphatic heterocycles. The van der Waals surface area contributed by atoms with Crippen LogP contribution >= 0.6 is 11.6 Å². The number of benzene rings is 2. The van der Waals surface area contributed by atoms with Gasteiger partial charge in [-0.2, -0.15) is 4.31 Å². The van der Waals surface area contributed by atoms with E-state index in [4.69, 9.17) is 25.8 Å². The number of fused-ring (bicyclic) bond motifs is 1. The highest BCUT2D eigenvalue weighted by Gasteiger charge is 2.23. The van der Waals surface area contributed by atoms with E-state index in [-0.39, 0.29) is 23.9 Å². The third-order valence-corrected chi connectivity index (χ3v) is 6.79. The number of nitrogens with zero attached hydrogens (tertiary/aromatic N) is 1. The van der Waals surface area contributed by atoms with Gasteiger partial charge in [-0.25, -0.2) is 13.2 Å². The Hall–Kier alpha value is -2.13. The van der Waals surface area contributed by atoms with Crippen LogP contribution in [-0.2, 0) is 32.7 Å². The fourth-order valence-electron chi connectivity index (χ4n) is 3.09. The lowest BCUT2D eigenvalue weighted by Gasteiger charge is -2.21. The summed E-state index contributed by atoms with van der Waals surface area (Å²) in [4.78, 5) is 12.6. The summed E-state index contributed by atoms with van der Waals surface area (Å²) in [5.74, 6) is -0.0475. The van der Waals surface area contributed by atoms with Gasteiger partial charge in [0.2, 0.25) is 10.0 Å². The van der Waals surface area contributed by atoms with E-state index in [2.05, 4.69) is 0 Å². The molecular weight excluding hydrogens is 418 g/mol. The molecule has 0 fully saturated rings. The summed E-state index contributed by atoms with van der Waals surface area (Å²) in [5, 5.41) is 0.483. The molecule has 0 radical (unpaired) electrons. The van der Waals surface area contributed by atoms with Crippen LogP contribution in [0, 0.1) is 0 Å². The van der Waals surface area contributed by atoms with E-state index in [9.17, 15) is 13.2 Å². The number of ether oxygens (including phenoxy) is 3. The Balaban J connectivity index is 1.78. The van der Waals surface area contributed by atoms with Crippen molar-refractivity contribution in [2.45, 2.75) is 32.0 Å². The highest BCUT2D eigenvalue weighted by atomic mass is 35.5. The van der Waals surface area contributed by atoms with Crippen molar-refractivity contribution in [2.24, 2.45) is 0 Å². The van der Waals surface area contributed by atoms with Crippen LogP contribution in [-0.4, -0.2) is 38.6 Å². The van der Waals surface area contributed by atoms with Crippen molar-refractivity contribution in [1.29, 1.82) is 0 Å². The largest absolute Gasteiger partial charge is 0.467 e. The average Bonchev–Trinajstić information content (AvgIpc) is 2.72. The SMILES string of the molecule is CCN(CC)S(=O)(=O)c1cccc(C(=O)OCc2cc(Cl)cc3c2OCOC3)c1. The van der Waals surface area contributed by atoms with Crippen molar-refractivity contribution < 1.29 is 27.4 Å². The van der Waals surface area contributed by atoms with Crippen LogP contribution in [0.2, 0.25) is 5.02 Å². The summed E-state index contributed by atoms with van der Waals surface area (Å²) in [5.41, 5.74) is 1.55. The summed E-state index contributed by atoms with van der Waals surface area (Å²) in [6.07, 6.45) is 0. The number of esters is 1. The summed E-state index contributed by atoms with van der Waals surface area (Å²) >= 11 is 6.12. The molecule has 0 N–H and O–H groups in total. The number of carbonyl (C=O) groups excluding carboxylic acids is 1. The number of rotatable bonds is 7. The van der Waals surface area contributed by atoms with Crippen LogP contribution in [0.25, 0.3) is 0 Å². The molecule has 0 atom stereocenters. The summed E-state index contributed by atoms with van der Waals surface area (Å²) < 4.78 is 42.8. The minimum absolute atomic E-state index is 0.0521. The second-order valence-electron chi connectivity index (χ2n) is 6.36. The molecule has 2 aromatic carbocycles. The van der Waals surface area contributed by atoms with E-state index < -0.39 is 16.0 Å². The zero-order valence-corrected chi connectivity index (χ0v) is 17.8. The third kappa shape index (κ3) is 4.72. The fourth-order valence-corrected chi connectivity index (χ4v) is 4.85. The van der Waals surface area contributed by atoms with E-state index in [0.29, 0.717) is 36.0 Å². The lowest BCUT2D eigenvalue weighted by atomic mass is 10.1. The van der Waals surface area contributed by atoms with Gasteiger partial charge < -0.3 is 14.2 Å². The molecule has 1 heterocycles. The molecule has 9 heteroatoms. The van der Waals surface area contributed by atoms with Gasteiger partial charge in [0.05, 0.1) is 17.1 Å². The first-order valence-electron chi connectivity index (χ1n) is 9.16. The smallest absolute Gasteiger partial charge is 0.338 e. The van der Waals surface area contributed by atoms with Crippen LogP contribution in [0.5, 0.6) is 5.75 Å². The number of sulfonamides is 1. The second kappa shape index (κ2) is 9.13. The minimum atomic E-state index is -3.67. The van der Waals surface area contributed by atoms with Gasteiger partial charge in [0.25, 0.3) is 0 Å². The molecule has 7 nitrogen and oxygen atoms in total. The molecule has 1 aliphatic rings. The molecule has 29 heavy (non-hydrogen) atoms. The topological polar surface area (TPSA) is 82.1 Å². The monoisotopic (exact) mass is 439 g/mol. The molecule has 0 aliphatic carbocycles. The molecule has 0 spiro atoms. The molecule has 0 unspecified atom stereocenters. The number of hydrogen-bond donors (Lipinski definition) is 0. The Labute approximate surface area is 175 Å². The first kappa shape index (κ1) is 21.6. The zero-order valence-electron chi connectivity index (χ0n) is 16.2. The lowest BCUT2D eigenvalue weighted by Crippen LogP contribution is -2.30. The third-order valence-electron chi connectivity index (χ3n) is 4.52. The van der Waals surface area contributed by atoms with Crippen LogP contribution in [0.1, 0.15) is 35.3 Å². The first-order valence-corrected chi connectivity index (χ1v) is 11.0. The number of carbonyl (C=O) groups is 1. The number of halogens is 1. The van der Waals surface area contributed by atoms with Gasteiger partial charge in [-0.3, -0.25) is 0 Å². The molecule has 0 saturated carbocycles. The fraction of sp³-hybridized carbons (Fsp3) is 0.350. The Morgan fingerprint density at radius 2 is 1.97 bits per heavy atom. The quantitative estimate of drug-likeness (QED) is 0.613. The Kier molecular flexibility index (Phi) is 6.79. The molecular formula is C20H22ClNO6S. The standard InChI is InChI=1S/C20H22ClNO6S/c1-3-22(4-2)29(24,25)18-7-5-6-14(10-18)20(23)27-12-16-9-17(21)8-15-11-26-13-28-19(15)16/h5-10H,3-4,11-13H2,1-2H3. The maximum Gasteiger partial charge on any atom is 0.338 e. The van der Waals surface area contributed by atoms with E-state index in [1.165, 1.54) is 28.6 Å². The predicted octanol–water partition coefficient (Wildman–Crippen LogP) is 3.59. The van der Waals surface area contributed by atoms with Crippen LogP contribution < -0.4 is 4.74 Å². The maximum absolute atomic E-state index is 12.7. The van der Waals surface area contributed by atoms with Crippen molar-refractivity contribution in [3.63, 3.8) is 0 Å². The van der Waals surface area contributed by atoms with Crippen molar-refractivity contribution in [1.82, 2.24) is 4.31 Å². The Morgan fingerprint density at radius 3 is 2.69 bits per heavy atom. The highest BCUT2D eigenvalue weighted by molar-refractivity contribution is 7.89. The molecule has 0 bridgehead atoms. The summed E-state index contributed by atoms with van der Waals surface area (Å²) in [6, 6.07) is 9.23. The van der Waals surface area contributed by atoms with Crippen LogP contribution in [0.3, 0.4) is 0 Å². The highest BCUT2D eigenvalue weighted by Crippen LogP contribution is 2.32. The van der Waals surface area contributed by atoms with E-state index in [1.54, 1.807) is 26.0 Å². The summed E-state index contributed by atoms with van der Waals surface area (Å²) in [7, 11) is -3.67. The van der Waals surface area contributed by atoms with E-state index in [0.717, 1.165) is 5.56 Å². The van der Waals surface area contributed by atoms with Crippen LogP contribution in [0.4, 0.5) is 0 Å². The average molecular weight is 440 g/mol. The lowest BCUT2D eigenvalue weighted by molar-refractivity contribution is -0.0180. The normalized spacial score (nSPS) is 13.7.